The van der Waals surface area contributed by atoms with Crippen molar-refractivity contribution in [1.29, 1.82) is 0 Å². The van der Waals surface area contributed by atoms with Gasteiger partial charge in [-0.05, 0) is 45.0 Å². The molecule has 1 fully saturated rings. The van der Waals surface area contributed by atoms with Gasteiger partial charge in [-0.2, -0.15) is 0 Å². The average Bonchev–Trinajstić information content (AvgIpc) is 2.87. The lowest BCUT2D eigenvalue weighted by atomic mass is 10.0. The maximum absolute atomic E-state index is 9.66. The number of nitrogens with zero attached hydrogens (tertiary/aromatic N) is 1. The predicted molar refractivity (Wildman–Crippen MR) is 80.9 cm³/mol. The molecule has 106 valence electrons. The Balaban J connectivity index is 2.13. The highest BCUT2D eigenvalue weighted by atomic mass is 35.5. The number of hydrogen-bond acceptors (Lipinski definition) is 3. The minimum Gasteiger partial charge on any atom is -0.393 e. The first kappa shape index (κ1) is 14.6. The number of anilines is 1. The SMILES string of the molecule is CNC(C)c1ccc(N2CCC(C(C)O)C2)cc1Cl. The molecule has 19 heavy (non-hydrogen) atoms. The van der Waals surface area contributed by atoms with Crippen molar-refractivity contribution in [1.82, 2.24) is 5.32 Å². The average molecular weight is 283 g/mol. The number of nitrogens with one attached hydrogen (secondary N) is 1. The third-order valence-corrected chi connectivity index (χ3v) is 4.48. The van der Waals surface area contributed by atoms with E-state index in [1.54, 1.807) is 0 Å². The molecule has 0 bridgehead atoms. The molecule has 3 atom stereocenters. The Labute approximate surface area is 120 Å². The molecule has 0 amide bonds. The summed E-state index contributed by atoms with van der Waals surface area (Å²) in [7, 11) is 1.93. The summed E-state index contributed by atoms with van der Waals surface area (Å²) < 4.78 is 0. The highest BCUT2D eigenvalue weighted by Crippen LogP contribution is 2.31. The van der Waals surface area contributed by atoms with Crippen LogP contribution in [-0.4, -0.2) is 31.3 Å². The summed E-state index contributed by atoms with van der Waals surface area (Å²) in [6.07, 6.45) is 0.813. The lowest BCUT2D eigenvalue weighted by Crippen LogP contribution is -2.24. The molecule has 4 heteroatoms. The summed E-state index contributed by atoms with van der Waals surface area (Å²) in [5, 5.41) is 13.7. The van der Waals surface area contributed by atoms with Gasteiger partial charge in [0.25, 0.3) is 0 Å². The van der Waals surface area contributed by atoms with E-state index in [1.807, 2.05) is 20.0 Å². The minimum absolute atomic E-state index is 0.232. The first-order valence-electron chi connectivity index (χ1n) is 6.92. The monoisotopic (exact) mass is 282 g/mol. The van der Waals surface area contributed by atoms with Crippen molar-refractivity contribution >= 4 is 17.3 Å². The Morgan fingerprint density at radius 3 is 2.68 bits per heavy atom. The molecule has 1 aromatic rings. The number of hydrogen-bond donors (Lipinski definition) is 2. The van der Waals surface area contributed by atoms with Crippen LogP contribution in [0.25, 0.3) is 0 Å². The minimum atomic E-state index is -0.232. The molecule has 2 rings (SSSR count). The van der Waals surface area contributed by atoms with Crippen LogP contribution in [0.4, 0.5) is 5.69 Å². The van der Waals surface area contributed by atoms with Crippen LogP contribution in [0.15, 0.2) is 18.2 Å². The van der Waals surface area contributed by atoms with E-state index in [1.165, 1.54) is 0 Å². The lowest BCUT2D eigenvalue weighted by molar-refractivity contribution is 0.136. The quantitative estimate of drug-likeness (QED) is 0.891. The Kier molecular flexibility index (Phi) is 4.71. The Hall–Kier alpha value is -0.770. The fourth-order valence-electron chi connectivity index (χ4n) is 2.63. The topological polar surface area (TPSA) is 35.5 Å². The Morgan fingerprint density at radius 1 is 1.42 bits per heavy atom. The van der Waals surface area contributed by atoms with Crippen LogP contribution in [0.5, 0.6) is 0 Å². The third kappa shape index (κ3) is 3.22. The molecule has 1 aliphatic heterocycles. The molecule has 0 aliphatic carbocycles. The molecule has 0 radical (unpaired) electrons. The number of halogens is 1. The molecule has 0 spiro atoms. The number of benzene rings is 1. The Morgan fingerprint density at radius 2 is 2.16 bits per heavy atom. The van der Waals surface area contributed by atoms with E-state index < -0.39 is 0 Å². The van der Waals surface area contributed by atoms with Gasteiger partial charge in [-0.3, -0.25) is 0 Å². The normalized spacial score (nSPS) is 22.6. The van der Waals surface area contributed by atoms with Crippen LogP contribution >= 0.6 is 11.6 Å². The summed E-state index contributed by atoms with van der Waals surface area (Å²) in [6, 6.07) is 6.51. The van der Waals surface area contributed by atoms with Crippen molar-refractivity contribution in [3.05, 3.63) is 28.8 Å². The van der Waals surface area contributed by atoms with Gasteiger partial charge in [0, 0.05) is 35.8 Å². The second kappa shape index (κ2) is 6.12. The summed E-state index contributed by atoms with van der Waals surface area (Å²) in [5.41, 5.74) is 2.28. The maximum atomic E-state index is 9.66. The van der Waals surface area contributed by atoms with E-state index in [9.17, 15) is 5.11 Å². The fourth-order valence-corrected chi connectivity index (χ4v) is 2.97. The van der Waals surface area contributed by atoms with Crippen molar-refractivity contribution < 1.29 is 5.11 Å². The molecular formula is C15H23ClN2O. The number of rotatable bonds is 4. The summed E-state index contributed by atoms with van der Waals surface area (Å²) in [6.45, 7) is 5.88. The van der Waals surface area contributed by atoms with E-state index >= 15 is 0 Å². The molecule has 1 saturated heterocycles. The summed E-state index contributed by atoms with van der Waals surface area (Å²) in [5.74, 6) is 0.370. The van der Waals surface area contributed by atoms with E-state index in [2.05, 4.69) is 29.3 Å². The predicted octanol–water partition coefficient (Wildman–Crippen LogP) is 2.83. The maximum Gasteiger partial charge on any atom is 0.0557 e. The standard InChI is InChI=1S/C15H23ClN2O/c1-10(17-3)14-5-4-13(8-15(14)16)18-7-6-12(9-18)11(2)19/h4-5,8,10-12,17,19H,6-7,9H2,1-3H3. The largest absolute Gasteiger partial charge is 0.393 e. The number of aliphatic hydroxyl groups is 1. The van der Waals surface area contributed by atoms with Crippen LogP contribution in [0.2, 0.25) is 5.02 Å². The first-order valence-corrected chi connectivity index (χ1v) is 7.30. The van der Waals surface area contributed by atoms with Gasteiger partial charge in [0.1, 0.15) is 0 Å². The smallest absolute Gasteiger partial charge is 0.0557 e. The zero-order valence-electron chi connectivity index (χ0n) is 11.9. The first-order chi connectivity index (χ1) is 9.02. The van der Waals surface area contributed by atoms with Gasteiger partial charge in [-0.15, -0.1) is 0 Å². The zero-order valence-corrected chi connectivity index (χ0v) is 12.6. The number of aliphatic hydroxyl groups excluding tert-OH is 1. The van der Waals surface area contributed by atoms with E-state index in [4.69, 9.17) is 11.6 Å². The molecule has 3 unspecified atom stereocenters. The molecule has 2 N–H and O–H groups in total. The van der Waals surface area contributed by atoms with Crippen LogP contribution in [0.1, 0.15) is 31.9 Å². The molecule has 0 aromatic heterocycles. The molecular weight excluding hydrogens is 260 g/mol. The van der Waals surface area contributed by atoms with E-state index in [0.29, 0.717) is 5.92 Å². The van der Waals surface area contributed by atoms with Gasteiger partial charge < -0.3 is 15.3 Å². The molecule has 0 saturated carbocycles. The second-order valence-corrected chi connectivity index (χ2v) is 5.86. The van der Waals surface area contributed by atoms with Gasteiger partial charge >= 0.3 is 0 Å². The highest BCUT2D eigenvalue weighted by molar-refractivity contribution is 6.31. The molecule has 1 heterocycles. The third-order valence-electron chi connectivity index (χ3n) is 4.16. The lowest BCUT2D eigenvalue weighted by Gasteiger charge is -2.21. The van der Waals surface area contributed by atoms with Crippen LogP contribution < -0.4 is 10.2 Å². The fraction of sp³-hybridized carbons (Fsp3) is 0.600. The van der Waals surface area contributed by atoms with Gasteiger partial charge in [-0.1, -0.05) is 17.7 Å². The van der Waals surface area contributed by atoms with Crippen molar-refractivity contribution in [2.24, 2.45) is 5.92 Å². The van der Waals surface area contributed by atoms with Crippen molar-refractivity contribution in [2.75, 3.05) is 25.0 Å². The summed E-state index contributed by atoms with van der Waals surface area (Å²) in [4.78, 5) is 2.30. The Bertz CT molecular complexity index is 436. The molecule has 1 aromatic carbocycles. The van der Waals surface area contributed by atoms with Gasteiger partial charge in [0.15, 0.2) is 0 Å². The molecule has 3 nitrogen and oxygen atoms in total. The van der Waals surface area contributed by atoms with Crippen LogP contribution in [0, 0.1) is 5.92 Å². The summed E-state index contributed by atoms with van der Waals surface area (Å²) >= 11 is 6.36. The van der Waals surface area contributed by atoms with Crippen LogP contribution in [0.3, 0.4) is 0 Å². The van der Waals surface area contributed by atoms with Gasteiger partial charge in [-0.25, -0.2) is 0 Å². The zero-order chi connectivity index (χ0) is 14.0. The van der Waals surface area contributed by atoms with Crippen LogP contribution in [-0.2, 0) is 0 Å². The van der Waals surface area contributed by atoms with Gasteiger partial charge in [0.2, 0.25) is 0 Å². The highest BCUT2D eigenvalue weighted by Gasteiger charge is 2.26. The van der Waals surface area contributed by atoms with Crippen molar-refractivity contribution in [3.8, 4) is 0 Å². The van der Waals surface area contributed by atoms with E-state index in [-0.39, 0.29) is 12.1 Å². The second-order valence-electron chi connectivity index (χ2n) is 5.45. The van der Waals surface area contributed by atoms with Crippen molar-refractivity contribution in [3.63, 3.8) is 0 Å². The van der Waals surface area contributed by atoms with Gasteiger partial charge in [0.05, 0.1) is 6.10 Å². The molecule has 1 aliphatic rings. The van der Waals surface area contributed by atoms with Crippen molar-refractivity contribution in [2.45, 2.75) is 32.4 Å². The van der Waals surface area contributed by atoms with E-state index in [0.717, 1.165) is 35.8 Å².